The zero-order valence-electron chi connectivity index (χ0n) is 15.7. The Morgan fingerprint density at radius 1 is 1.11 bits per heavy atom. The van der Waals surface area contributed by atoms with Crippen LogP contribution < -0.4 is 14.8 Å². The predicted octanol–water partition coefficient (Wildman–Crippen LogP) is 4.74. The van der Waals surface area contributed by atoms with Crippen molar-refractivity contribution < 1.29 is 19.0 Å². The van der Waals surface area contributed by atoms with Crippen molar-refractivity contribution in [3.05, 3.63) is 58.4 Å². The van der Waals surface area contributed by atoms with Crippen molar-refractivity contribution in [1.29, 1.82) is 0 Å². The van der Waals surface area contributed by atoms with Crippen molar-refractivity contribution in [2.45, 2.75) is 39.5 Å². The molecule has 0 bridgehead atoms. The predicted molar refractivity (Wildman–Crippen MR) is 109 cm³/mol. The van der Waals surface area contributed by atoms with Crippen molar-refractivity contribution in [2.75, 3.05) is 13.2 Å². The fourth-order valence-corrected chi connectivity index (χ4v) is 2.55. The molecule has 7 heteroatoms. The molecule has 4 nitrogen and oxygen atoms in total. The molecule has 0 aliphatic rings. The van der Waals surface area contributed by atoms with Crippen LogP contribution in [0, 0.1) is 5.82 Å². The number of hydrogen-bond acceptors (Lipinski definition) is 4. The molecule has 0 atom stereocenters. The molecule has 0 unspecified atom stereocenters. The number of hydrogen-bond donors (Lipinski definition) is 2. The lowest BCUT2D eigenvalue weighted by molar-refractivity contribution is 0.187. The van der Waals surface area contributed by atoms with Gasteiger partial charge in [-0.05, 0) is 56.2 Å². The van der Waals surface area contributed by atoms with Gasteiger partial charge in [-0.2, -0.15) is 0 Å². The van der Waals surface area contributed by atoms with Crippen molar-refractivity contribution in [3.63, 3.8) is 0 Å². The molecule has 0 aliphatic carbocycles. The van der Waals surface area contributed by atoms with E-state index in [1.807, 2.05) is 32.9 Å². The molecule has 27 heavy (non-hydrogen) atoms. The molecule has 0 saturated heterocycles. The van der Waals surface area contributed by atoms with Gasteiger partial charge in [0, 0.05) is 12.1 Å². The summed E-state index contributed by atoms with van der Waals surface area (Å²) in [5.74, 6) is 0.730. The smallest absolute Gasteiger partial charge is 0.180 e. The average Bonchev–Trinajstić information content (AvgIpc) is 2.61. The highest BCUT2D eigenvalue weighted by atomic mass is 35.5. The number of aliphatic hydroxyl groups is 1. The molecule has 0 aliphatic heterocycles. The second-order valence-corrected chi connectivity index (χ2v) is 7.06. The summed E-state index contributed by atoms with van der Waals surface area (Å²) in [5, 5.41) is 13.1. The third-order valence-electron chi connectivity index (χ3n) is 3.83. The highest BCUT2D eigenvalue weighted by molar-refractivity contribution is 6.32. The molecule has 0 amide bonds. The lowest BCUT2D eigenvalue weighted by Crippen LogP contribution is -2.42. The molecule has 2 N–H and O–H groups in total. The van der Waals surface area contributed by atoms with Crippen LogP contribution in [0.4, 0.5) is 4.39 Å². The van der Waals surface area contributed by atoms with Gasteiger partial charge in [0.05, 0.1) is 18.2 Å². The molecule has 2 aromatic rings. The standard InChI is InChI=1S/C20H25ClFNO3.ClH/c1-4-25-18-10-15(11-23-20(2,3)13-24)9-17(21)19(18)26-12-14-5-7-16(22)8-6-14;/h5-10,23-24H,4,11-13H2,1-3H3;1H. The Morgan fingerprint density at radius 3 is 2.37 bits per heavy atom. The van der Waals surface area contributed by atoms with Crippen LogP contribution in [-0.4, -0.2) is 23.9 Å². The lowest BCUT2D eigenvalue weighted by Gasteiger charge is -2.24. The zero-order chi connectivity index (χ0) is 19.2. The van der Waals surface area contributed by atoms with Crippen molar-refractivity contribution in [3.8, 4) is 11.5 Å². The second-order valence-electron chi connectivity index (χ2n) is 6.65. The summed E-state index contributed by atoms with van der Waals surface area (Å²) < 4.78 is 24.5. The summed E-state index contributed by atoms with van der Waals surface area (Å²) in [6.45, 7) is 7.01. The SMILES string of the molecule is CCOc1cc(CNC(C)(C)CO)cc(Cl)c1OCc1ccc(F)cc1.Cl. The van der Waals surface area contributed by atoms with E-state index in [0.717, 1.165) is 11.1 Å². The molecule has 0 fully saturated rings. The normalized spacial score (nSPS) is 11.0. The van der Waals surface area contributed by atoms with Gasteiger partial charge in [-0.25, -0.2) is 4.39 Å². The molecule has 0 saturated carbocycles. The van der Waals surface area contributed by atoms with Crippen LogP contribution in [0.1, 0.15) is 31.9 Å². The van der Waals surface area contributed by atoms with E-state index in [1.54, 1.807) is 12.1 Å². The van der Waals surface area contributed by atoms with Crippen LogP contribution in [0.25, 0.3) is 0 Å². The van der Waals surface area contributed by atoms with Gasteiger partial charge in [0.1, 0.15) is 12.4 Å². The fraction of sp³-hybridized carbons (Fsp3) is 0.400. The van der Waals surface area contributed by atoms with Crippen molar-refractivity contribution in [1.82, 2.24) is 5.32 Å². The van der Waals surface area contributed by atoms with E-state index in [2.05, 4.69) is 5.32 Å². The van der Waals surface area contributed by atoms with Crippen LogP contribution in [0.15, 0.2) is 36.4 Å². The first kappa shape index (κ1) is 23.5. The van der Waals surface area contributed by atoms with Gasteiger partial charge in [0.2, 0.25) is 0 Å². The van der Waals surface area contributed by atoms with Crippen LogP contribution >= 0.6 is 24.0 Å². The van der Waals surface area contributed by atoms with Gasteiger partial charge in [-0.3, -0.25) is 0 Å². The summed E-state index contributed by atoms with van der Waals surface area (Å²) in [6, 6.07) is 9.79. The minimum Gasteiger partial charge on any atom is -0.490 e. The maximum absolute atomic E-state index is 13.0. The molecule has 0 aromatic heterocycles. The Kier molecular flexibility index (Phi) is 9.33. The Hall–Kier alpha value is -1.53. The molecule has 0 radical (unpaired) electrons. The molecular formula is C20H26Cl2FNO3. The molecule has 2 rings (SSSR count). The quantitative estimate of drug-likeness (QED) is 0.618. The van der Waals surface area contributed by atoms with E-state index in [9.17, 15) is 9.50 Å². The number of rotatable bonds is 9. The van der Waals surface area contributed by atoms with Gasteiger partial charge >= 0.3 is 0 Å². The average molecular weight is 418 g/mol. The third kappa shape index (κ3) is 7.18. The third-order valence-corrected chi connectivity index (χ3v) is 4.11. The Balaban J connectivity index is 0.00000364. The molecule has 2 aromatic carbocycles. The summed E-state index contributed by atoms with van der Waals surface area (Å²) in [5.41, 5.74) is 1.37. The number of ether oxygens (including phenoxy) is 2. The number of nitrogens with one attached hydrogen (secondary N) is 1. The Morgan fingerprint density at radius 2 is 1.78 bits per heavy atom. The summed E-state index contributed by atoms with van der Waals surface area (Å²) in [6.07, 6.45) is 0. The van der Waals surface area contributed by atoms with Gasteiger partial charge in [-0.15, -0.1) is 12.4 Å². The van der Waals surface area contributed by atoms with Crippen LogP contribution in [0.5, 0.6) is 11.5 Å². The van der Waals surface area contributed by atoms with E-state index in [1.165, 1.54) is 12.1 Å². The van der Waals surface area contributed by atoms with Crippen LogP contribution in [0.3, 0.4) is 0 Å². The van der Waals surface area contributed by atoms with Gasteiger partial charge in [0.25, 0.3) is 0 Å². The number of halogens is 3. The maximum Gasteiger partial charge on any atom is 0.180 e. The van der Waals surface area contributed by atoms with Gasteiger partial charge in [-0.1, -0.05) is 23.7 Å². The van der Waals surface area contributed by atoms with Gasteiger partial charge in [0.15, 0.2) is 11.5 Å². The molecule has 0 heterocycles. The number of benzene rings is 2. The molecular weight excluding hydrogens is 392 g/mol. The number of aliphatic hydroxyl groups excluding tert-OH is 1. The summed E-state index contributed by atoms with van der Waals surface area (Å²) >= 11 is 6.40. The van der Waals surface area contributed by atoms with Crippen LogP contribution in [-0.2, 0) is 13.2 Å². The van der Waals surface area contributed by atoms with E-state index in [0.29, 0.717) is 29.7 Å². The Labute approximate surface area is 171 Å². The largest absolute Gasteiger partial charge is 0.490 e. The van der Waals surface area contributed by atoms with E-state index < -0.39 is 5.54 Å². The topological polar surface area (TPSA) is 50.7 Å². The minimum absolute atomic E-state index is 0. The highest BCUT2D eigenvalue weighted by Crippen LogP contribution is 2.37. The first-order valence-corrected chi connectivity index (χ1v) is 8.91. The van der Waals surface area contributed by atoms with Crippen molar-refractivity contribution >= 4 is 24.0 Å². The van der Waals surface area contributed by atoms with Gasteiger partial charge < -0.3 is 19.9 Å². The molecule has 0 spiro atoms. The first-order valence-electron chi connectivity index (χ1n) is 8.53. The van der Waals surface area contributed by atoms with Crippen molar-refractivity contribution in [2.24, 2.45) is 0 Å². The zero-order valence-corrected chi connectivity index (χ0v) is 17.3. The van der Waals surface area contributed by atoms with E-state index in [4.69, 9.17) is 21.1 Å². The van der Waals surface area contributed by atoms with Crippen LogP contribution in [0.2, 0.25) is 5.02 Å². The maximum atomic E-state index is 13.0. The highest BCUT2D eigenvalue weighted by Gasteiger charge is 2.17. The van der Waals surface area contributed by atoms with E-state index >= 15 is 0 Å². The monoisotopic (exact) mass is 417 g/mol. The second kappa shape index (κ2) is 10.7. The molecule has 150 valence electrons. The van der Waals surface area contributed by atoms with E-state index in [-0.39, 0.29) is 31.4 Å². The first-order chi connectivity index (χ1) is 12.3. The fourth-order valence-electron chi connectivity index (χ4n) is 2.26. The lowest BCUT2D eigenvalue weighted by atomic mass is 10.1. The summed E-state index contributed by atoms with van der Waals surface area (Å²) in [4.78, 5) is 0. The summed E-state index contributed by atoms with van der Waals surface area (Å²) in [7, 11) is 0. The Bertz CT molecular complexity index is 724. The minimum atomic E-state index is -0.393.